The van der Waals surface area contributed by atoms with Gasteiger partial charge in [0.1, 0.15) is 18.3 Å². The van der Waals surface area contributed by atoms with Crippen molar-refractivity contribution in [1.82, 2.24) is 0 Å². The second kappa shape index (κ2) is 11.4. The van der Waals surface area contributed by atoms with Crippen molar-refractivity contribution in [3.05, 3.63) is 0 Å². The van der Waals surface area contributed by atoms with E-state index in [0.717, 1.165) is 7.11 Å². The smallest absolute Gasteiger partial charge is 0.335 e. The molecule has 0 aliphatic carbocycles. The quantitative estimate of drug-likeness (QED) is 0.457. The molecule has 0 heterocycles. The van der Waals surface area contributed by atoms with E-state index in [4.69, 9.17) is 9.84 Å². The van der Waals surface area contributed by atoms with Crippen LogP contribution in [0.4, 0.5) is 0 Å². The van der Waals surface area contributed by atoms with Crippen LogP contribution in [0.3, 0.4) is 0 Å². The van der Waals surface area contributed by atoms with Gasteiger partial charge in [-0.2, -0.15) is 0 Å². The molecule has 7 nitrogen and oxygen atoms in total. The first-order chi connectivity index (χ1) is 8.45. The average molecular weight is 268 g/mol. The molecule has 0 bridgehead atoms. The Morgan fingerprint density at radius 1 is 1.17 bits per heavy atom. The van der Waals surface area contributed by atoms with Crippen LogP contribution in [0, 0.1) is 0 Å². The summed E-state index contributed by atoms with van der Waals surface area (Å²) < 4.78 is 9.32. The Kier molecular flexibility index (Phi) is 12.4. The van der Waals surface area contributed by atoms with Gasteiger partial charge < -0.3 is 29.9 Å². The molecule has 0 aromatic heterocycles. The minimum atomic E-state index is -1.72. The topological polar surface area (TPSA) is 116 Å². The molecule has 4 atom stereocenters. The minimum Gasteiger partial charge on any atom is -0.479 e. The maximum Gasteiger partial charge on any atom is 0.335 e. The SMILES string of the molecule is CC.CCOCC(O)C(O)C(O)C(OC)C(=O)O. The molecule has 0 spiro atoms. The summed E-state index contributed by atoms with van der Waals surface area (Å²) in [6.07, 6.45) is -6.33. The fraction of sp³-hybridized carbons (Fsp3) is 0.909. The first-order valence-electron chi connectivity index (χ1n) is 5.83. The van der Waals surface area contributed by atoms with Crippen LogP contribution in [0.1, 0.15) is 20.8 Å². The summed E-state index contributed by atoms with van der Waals surface area (Å²) >= 11 is 0. The third-order valence-corrected chi connectivity index (χ3v) is 2.04. The van der Waals surface area contributed by atoms with Crippen molar-refractivity contribution in [2.45, 2.75) is 45.2 Å². The zero-order valence-corrected chi connectivity index (χ0v) is 11.2. The lowest BCUT2D eigenvalue weighted by molar-refractivity contribution is -0.169. The van der Waals surface area contributed by atoms with E-state index in [9.17, 15) is 20.1 Å². The van der Waals surface area contributed by atoms with Gasteiger partial charge in [-0.15, -0.1) is 0 Å². The Morgan fingerprint density at radius 2 is 1.67 bits per heavy atom. The number of carbonyl (C=O) groups is 1. The number of carboxylic acid groups (broad SMARTS) is 1. The monoisotopic (exact) mass is 268 g/mol. The molecule has 0 amide bonds. The number of ether oxygens (including phenoxy) is 2. The maximum atomic E-state index is 10.6. The van der Waals surface area contributed by atoms with Crippen LogP contribution in [0.25, 0.3) is 0 Å². The van der Waals surface area contributed by atoms with Crippen LogP contribution >= 0.6 is 0 Å². The molecule has 0 aromatic carbocycles. The molecule has 0 saturated heterocycles. The summed E-state index contributed by atoms with van der Waals surface area (Å²) in [5.74, 6) is -1.42. The molecule has 0 fully saturated rings. The van der Waals surface area contributed by atoms with Gasteiger partial charge in [0, 0.05) is 13.7 Å². The van der Waals surface area contributed by atoms with Gasteiger partial charge in [-0.25, -0.2) is 4.79 Å². The molecule has 0 rings (SSSR count). The van der Waals surface area contributed by atoms with E-state index in [1.165, 1.54) is 0 Å². The predicted molar refractivity (Wildman–Crippen MR) is 64.3 cm³/mol. The third kappa shape index (κ3) is 6.87. The number of aliphatic hydroxyl groups excluding tert-OH is 3. The van der Waals surface area contributed by atoms with Gasteiger partial charge in [0.15, 0.2) is 6.10 Å². The highest BCUT2D eigenvalue weighted by Crippen LogP contribution is 2.08. The van der Waals surface area contributed by atoms with E-state index in [1.807, 2.05) is 13.8 Å². The molecule has 4 unspecified atom stereocenters. The number of aliphatic hydroxyl groups is 3. The Hall–Kier alpha value is -0.730. The molecular weight excluding hydrogens is 244 g/mol. The normalized spacial score (nSPS) is 17.1. The number of carboxylic acids is 1. The number of hydrogen-bond donors (Lipinski definition) is 4. The van der Waals surface area contributed by atoms with Crippen molar-refractivity contribution in [3.63, 3.8) is 0 Å². The molecule has 0 radical (unpaired) electrons. The van der Waals surface area contributed by atoms with E-state index in [2.05, 4.69) is 4.74 Å². The van der Waals surface area contributed by atoms with Gasteiger partial charge in [-0.05, 0) is 6.92 Å². The number of rotatable bonds is 8. The first-order valence-corrected chi connectivity index (χ1v) is 5.83. The van der Waals surface area contributed by atoms with E-state index in [0.29, 0.717) is 6.61 Å². The Labute approximate surface area is 107 Å². The van der Waals surface area contributed by atoms with Crippen molar-refractivity contribution >= 4 is 5.97 Å². The fourth-order valence-electron chi connectivity index (χ4n) is 1.13. The van der Waals surface area contributed by atoms with Gasteiger partial charge in [-0.3, -0.25) is 0 Å². The molecule has 0 aliphatic rings. The highest BCUT2D eigenvalue weighted by Gasteiger charge is 2.35. The third-order valence-electron chi connectivity index (χ3n) is 2.04. The lowest BCUT2D eigenvalue weighted by Gasteiger charge is -2.26. The van der Waals surface area contributed by atoms with Gasteiger partial charge in [-0.1, -0.05) is 13.8 Å². The highest BCUT2D eigenvalue weighted by molar-refractivity contribution is 5.73. The van der Waals surface area contributed by atoms with Crippen molar-refractivity contribution in [2.75, 3.05) is 20.3 Å². The van der Waals surface area contributed by atoms with Gasteiger partial charge in [0.25, 0.3) is 0 Å². The zero-order chi connectivity index (χ0) is 14.7. The van der Waals surface area contributed by atoms with Crippen LogP contribution in [-0.2, 0) is 14.3 Å². The molecule has 0 aromatic rings. The molecular formula is C11H24O7. The second-order valence-corrected chi connectivity index (χ2v) is 3.20. The number of methoxy groups -OCH3 is 1. The maximum absolute atomic E-state index is 10.6. The molecule has 18 heavy (non-hydrogen) atoms. The molecule has 0 aliphatic heterocycles. The number of aliphatic carboxylic acids is 1. The lowest BCUT2D eigenvalue weighted by Crippen LogP contribution is -2.49. The molecule has 110 valence electrons. The average Bonchev–Trinajstić information content (AvgIpc) is 2.37. The van der Waals surface area contributed by atoms with Crippen LogP contribution < -0.4 is 0 Å². The minimum absolute atomic E-state index is 0.190. The first kappa shape index (κ1) is 19.6. The van der Waals surface area contributed by atoms with E-state index in [-0.39, 0.29) is 6.61 Å². The molecule has 0 saturated carbocycles. The van der Waals surface area contributed by atoms with Gasteiger partial charge >= 0.3 is 5.97 Å². The Bertz CT molecular complexity index is 210. The van der Waals surface area contributed by atoms with E-state index >= 15 is 0 Å². The van der Waals surface area contributed by atoms with Gasteiger partial charge in [0.2, 0.25) is 0 Å². The summed E-state index contributed by atoms with van der Waals surface area (Å²) in [5.41, 5.74) is 0. The van der Waals surface area contributed by atoms with Crippen LogP contribution in [0.2, 0.25) is 0 Å². The van der Waals surface area contributed by atoms with E-state index in [1.54, 1.807) is 6.92 Å². The summed E-state index contributed by atoms with van der Waals surface area (Å²) in [7, 11) is 1.09. The van der Waals surface area contributed by atoms with Crippen LogP contribution in [0.15, 0.2) is 0 Å². The van der Waals surface area contributed by atoms with E-state index < -0.39 is 30.4 Å². The van der Waals surface area contributed by atoms with Gasteiger partial charge in [0.05, 0.1) is 6.61 Å². The fourth-order valence-corrected chi connectivity index (χ4v) is 1.13. The summed E-state index contributed by atoms with van der Waals surface area (Å²) in [4.78, 5) is 10.6. The lowest BCUT2D eigenvalue weighted by atomic mass is 10.0. The summed E-state index contributed by atoms with van der Waals surface area (Å²) in [6.45, 7) is 5.85. The van der Waals surface area contributed by atoms with Crippen molar-refractivity contribution in [1.29, 1.82) is 0 Å². The largest absolute Gasteiger partial charge is 0.479 e. The van der Waals surface area contributed by atoms with Crippen LogP contribution in [0.5, 0.6) is 0 Å². The van der Waals surface area contributed by atoms with Crippen LogP contribution in [-0.4, -0.2) is 71.1 Å². The Morgan fingerprint density at radius 3 is 2.00 bits per heavy atom. The predicted octanol–water partition coefficient (Wildman–Crippen LogP) is -0.769. The zero-order valence-electron chi connectivity index (χ0n) is 11.2. The molecule has 7 heteroatoms. The highest BCUT2D eigenvalue weighted by atomic mass is 16.5. The Balaban J connectivity index is 0. The summed E-state index contributed by atoms with van der Waals surface area (Å²) in [6, 6.07) is 0. The number of hydrogen-bond acceptors (Lipinski definition) is 6. The summed E-state index contributed by atoms with van der Waals surface area (Å²) in [5, 5.41) is 36.9. The van der Waals surface area contributed by atoms with Crippen molar-refractivity contribution in [2.24, 2.45) is 0 Å². The van der Waals surface area contributed by atoms with Crippen molar-refractivity contribution < 1.29 is 34.7 Å². The van der Waals surface area contributed by atoms with Crippen molar-refractivity contribution in [3.8, 4) is 0 Å². The molecule has 4 N–H and O–H groups in total. The standard InChI is InChI=1S/C9H18O7.C2H6/c1-3-16-4-5(10)6(11)7(12)8(15-2)9(13)14;1-2/h5-8,10-12H,3-4H2,1-2H3,(H,13,14);1-2H3. The second-order valence-electron chi connectivity index (χ2n) is 3.20.